The second-order valence-corrected chi connectivity index (χ2v) is 31.1. The first-order valence-corrected chi connectivity index (χ1v) is 38.8. The number of rotatable bonds is 15. The number of nitrogens with one attached hydrogen (secondary N) is 2. The van der Waals surface area contributed by atoms with Gasteiger partial charge in [-0.05, 0) is 235 Å². The van der Waals surface area contributed by atoms with Crippen molar-refractivity contribution in [2.24, 2.45) is 34.1 Å². The van der Waals surface area contributed by atoms with Gasteiger partial charge in [-0.2, -0.15) is 0 Å². The minimum atomic E-state index is 0.00728. The first-order chi connectivity index (χ1) is 52.0. The van der Waals surface area contributed by atoms with Gasteiger partial charge in [-0.3, -0.25) is 38.4 Å². The Kier molecular flexibility index (Phi) is 24.0. The zero-order chi connectivity index (χ0) is 75.9. The molecule has 9 aromatic rings. The highest BCUT2D eigenvalue weighted by Crippen LogP contribution is 2.40. The molecule has 0 amide bonds. The Morgan fingerprint density at radius 1 is 0.398 bits per heavy atom. The summed E-state index contributed by atoms with van der Waals surface area (Å²) in [4.78, 5) is 96.3. The van der Waals surface area contributed by atoms with E-state index >= 15 is 0 Å². The third-order valence-electron chi connectivity index (χ3n) is 22.8. The van der Waals surface area contributed by atoms with E-state index in [-0.39, 0.29) is 33.8 Å². The number of nitrogens with zero attached hydrogens (tertiary/aromatic N) is 4. The number of hydrogen-bond acceptors (Lipinski definition) is 13. The molecule has 562 valence electrons. The van der Waals surface area contributed by atoms with E-state index in [0.29, 0.717) is 93.1 Å². The van der Waals surface area contributed by atoms with E-state index in [1.54, 1.807) is 46.5 Å². The van der Waals surface area contributed by atoms with Gasteiger partial charge in [0, 0.05) is 175 Å². The maximum Gasteiger partial charge on any atom is 0.253 e. The molecule has 0 bridgehead atoms. The quantitative estimate of drug-likeness (QED) is 0.0980. The van der Waals surface area contributed by atoms with Crippen LogP contribution >= 0.6 is 0 Å². The van der Waals surface area contributed by atoms with Crippen molar-refractivity contribution >= 4 is 28.8 Å². The van der Waals surface area contributed by atoms with Gasteiger partial charge in [-0.15, -0.1) is 0 Å². The van der Waals surface area contributed by atoms with Crippen molar-refractivity contribution in [3.8, 4) is 56.0 Å². The number of ketones is 4. The van der Waals surface area contributed by atoms with Crippen LogP contribution in [0.2, 0.25) is 0 Å². The number of aryl methyl sites for hydroxylation is 12. The third-order valence-corrected chi connectivity index (χ3v) is 22.8. The second-order valence-electron chi connectivity index (χ2n) is 31.1. The van der Waals surface area contributed by atoms with Crippen molar-refractivity contribution in [1.29, 1.82) is 0 Å². The zero-order valence-corrected chi connectivity index (χ0v) is 64.0. The molecule has 0 atom stereocenters. The summed E-state index contributed by atoms with van der Waals surface area (Å²) in [7, 11) is 7.14. The van der Waals surface area contributed by atoms with Crippen LogP contribution in [0.4, 0.5) is 5.69 Å². The predicted molar refractivity (Wildman–Crippen MR) is 426 cm³/mol. The molecule has 0 spiro atoms. The summed E-state index contributed by atoms with van der Waals surface area (Å²) < 4.78 is 24.3. The Morgan fingerprint density at radius 3 is 1.23 bits per heavy atom. The molecule has 0 radical (unpaired) electrons. The average Bonchev–Trinajstić information content (AvgIpc) is 0.857. The number of benzene rings is 5. The highest BCUT2D eigenvalue weighted by Gasteiger charge is 2.28. The highest BCUT2D eigenvalue weighted by molar-refractivity contribution is 5.88. The lowest BCUT2D eigenvalue weighted by molar-refractivity contribution is -0.119. The minimum absolute atomic E-state index is 0.00728. The van der Waals surface area contributed by atoms with E-state index in [9.17, 15) is 38.4 Å². The van der Waals surface area contributed by atoms with Gasteiger partial charge in [0.2, 0.25) is 0 Å². The average molecular weight is 1460 g/mol. The van der Waals surface area contributed by atoms with E-state index in [2.05, 4.69) is 53.1 Å². The number of hydrogen-bond donors (Lipinski definition) is 2. The standard InChI is InChI=1S/C24H23NO3.C23H28N2O2.C22H26N2O3.C22H25NO3/c1-16-10-20(14-25(2)24(16)27)19-11-18-8-9-21(26)13-22(18)23(12-19)28-15-17-6-4-3-5-7-17;1-15-9-19(14-25(2)23(15)27)17-10-16-7-8-21(26)12-22(16)18(11-17)13-24-20-5-3-4-6-20;1-14-9-17(13-24(2)22(14)26)16-10-15-3-4-19(25)12-20(15)21(11-16)23-18-5-7-27-8-6-18;1-14-8-18(12-23(2)22(14)25)17-9-16-6-7-19(24)11-20(16)21(10-17)26-13-15-4-3-5-15/h3-7,10-12,14H,8-9,13,15H2,1-2H3;9-11,14,20,24H,3-8,12-13H2,1-2H3;9-11,13,18,23H,3-8,12H2,1-2H3;8-10,12,15H,3-7,11,13H2,1-2H3. The summed E-state index contributed by atoms with van der Waals surface area (Å²) in [5.74, 6) is 3.45. The van der Waals surface area contributed by atoms with Gasteiger partial charge in [-0.1, -0.05) is 73.9 Å². The Bertz CT molecular complexity index is 5070. The van der Waals surface area contributed by atoms with Crippen LogP contribution in [0, 0.1) is 33.6 Å². The molecule has 3 fully saturated rings. The van der Waals surface area contributed by atoms with E-state index in [4.69, 9.17) is 14.2 Å². The van der Waals surface area contributed by atoms with Crippen LogP contribution in [0.5, 0.6) is 11.5 Å². The molecular weight excluding hydrogens is 1350 g/mol. The molecule has 2 saturated carbocycles. The van der Waals surface area contributed by atoms with Crippen molar-refractivity contribution in [2.45, 2.75) is 188 Å². The molecule has 16 rings (SSSR count). The molecule has 0 unspecified atom stereocenters. The third kappa shape index (κ3) is 18.2. The van der Waals surface area contributed by atoms with Crippen LogP contribution < -0.4 is 42.3 Å². The summed E-state index contributed by atoms with van der Waals surface area (Å²) in [6.45, 7) is 11.0. The Balaban J connectivity index is 0.000000127. The van der Waals surface area contributed by atoms with E-state index < -0.39 is 0 Å². The van der Waals surface area contributed by atoms with Crippen molar-refractivity contribution in [1.82, 2.24) is 23.6 Å². The molecule has 5 aromatic carbocycles. The first-order valence-electron chi connectivity index (χ1n) is 38.8. The van der Waals surface area contributed by atoms with E-state index in [1.807, 2.05) is 113 Å². The Hall–Kier alpha value is -10.1. The van der Waals surface area contributed by atoms with Crippen LogP contribution in [0.15, 0.2) is 147 Å². The van der Waals surface area contributed by atoms with Crippen molar-refractivity contribution in [3.63, 3.8) is 0 Å². The van der Waals surface area contributed by atoms with Gasteiger partial charge in [-0.25, -0.2) is 0 Å². The van der Waals surface area contributed by atoms with E-state index in [0.717, 1.165) is 171 Å². The number of fused-ring (bicyclic) bond motifs is 4. The summed E-state index contributed by atoms with van der Waals surface area (Å²) >= 11 is 0. The van der Waals surface area contributed by atoms with Crippen LogP contribution in [-0.2, 0) is 117 Å². The van der Waals surface area contributed by atoms with Crippen LogP contribution in [-0.4, -0.2) is 73.3 Å². The summed E-state index contributed by atoms with van der Waals surface area (Å²) in [6.07, 6.45) is 25.9. The van der Waals surface area contributed by atoms with Gasteiger partial charge >= 0.3 is 0 Å². The molecule has 2 N–H and O–H groups in total. The lowest BCUT2D eigenvalue weighted by Gasteiger charge is -2.28. The monoisotopic (exact) mass is 1450 g/mol. The predicted octanol–water partition coefficient (Wildman–Crippen LogP) is 14.1. The number of aromatic nitrogens is 4. The lowest BCUT2D eigenvalue weighted by atomic mass is 9.85. The minimum Gasteiger partial charge on any atom is -0.493 e. The maximum absolute atomic E-state index is 12.1. The normalized spacial score (nSPS) is 16.3. The van der Waals surface area contributed by atoms with Gasteiger partial charge in [0.15, 0.2) is 0 Å². The molecule has 5 heterocycles. The summed E-state index contributed by atoms with van der Waals surface area (Å²) in [6, 6.07) is 35.9. The molecule has 17 nitrogen and oxygen atoms in total. The number of carbonyl (C=O) groups excluding carboxylic acids is 4. The maximum atomic E-state index is 12.1. The Morgan fingerprint density at radius 2 is 0.796 bits per heavy atom. The number of Topliss-reactive ketones (excluding diaryl/α,β-unsaturated/α-hetero) is 4. The SMILES string of the molecule is Cc1cc(-c2cc3c(c(CNC4CCCC4)c2)CC(=O)CC3)cn(C)c1=O.Cc1cc(-c2cc3c(c(NC4CCOCC4)c2)CC(=O)CC3)cn(C)c1=O.Cc1cc(-c2cc3c(c(OCC4CCC4)c2)CC(=O)CC3)cn(C)c1=O.Cc1cc(-c2cc3c(c(OCc4ccccc4)c2)CC(=O)CC3)cn(C)c1=O. The first kappa shape index (κ1) is 76.1. The number of carbonyl (C=O) groups is 4. The largest absolute Gasteiger partial charge is 0.493 e. The van der Waals surface area contributed by atoms with Gasteiger partial charge in [0.05, 0.1) is 6.61 Å². The fraction of sp³-hybridized carbons (Fsp3) is 0.407. The smallest absolute Gasteiger partial charge is 0.253 e. The lowest BCUT2D eigenvalue weighted by Crippen LogP contribution is -2.29. The molecular formula is C91H102N6O11. The number of anilines is 1. The molecule has 7 aliphatic rings. The zero-order valence-electron chi connectivity index (χ0n) is 64.0. The molecule has 4 aromatic heterocycles. The summed E-state index contributed by atoms with van der Waals surface area (Å²) in [5, 5.41) is 7.39. The fourth-order valence-corrected chi connectivity index (χ4v) is 16.3. The second kappa shape index (κ2) is 34.0. The highest BCUT2D eigenvalue weighted by atomic mass is 16.5. The summed E-state index contributed by atoms with van der Waals surface area (Å²) in [5.41, 5.74) is 24.2. The van der Waals surface area contributed by atoms with Crippen molar-refractivity contribution < 1.29 is 33.4 Å². The molecule has 1 aliphatic heterocycles. The topological polar surface area (TPSA) is 208 Å². The van der Waals surface area contributed by atoms with Crippen LogP contribution in [0.1, 0.15) is 161 Å². The van der Waals surface area contributed by atoms with Crippen LogP contribution in [0.25, 0.3) is 44.5 Å². The molecule has 17 heteroatoms. The van der Waals surface area contributed by atoms with Gasteiger partial charge < -0.3 is 43.1 Å². The van der Waals surface area contributed by atoms with Gasteiger partial charge in [0.25, 0.3) is 22.2 Å². The molecule has 6 aliphatic carbocycles. The fourth-order valence-electron chi connectivity index (χ4n) is 16.3. The number of ether oxygens (including phenoxy) is 3. The Labute approximate surface area is 632 Å². The number of pyridine rings is 4. The van der Waals surface area contributed by atoms with Crippen molar-refractivity contribution in [3.05, 3.63) is 247 Å². The van der Waals surface area contributed by atoms with Crippen molar-refractivity contribution in [2.75, 3.05) is 25.1 Å². The van der Waals surface area contributed by atoms with Crippen LogP contribution in [0.3, 0.4) is 0 Å². The molecule has 108 heavy (non-hydrogen) atoms. The van der Waals surface area contributed by atoms with Gasteiger partial charge in [0.1, 0.15) is 41.2 Å². The van der Waals surface area contributed by atoms with E-state index in [1.165, 1.54) is 72.8 Å². The molecule has 1 saturated heterocycles.